The number of likely N-dealkylation sites (tertiary alicyclic amines) is 1. The minimum atomic E-state index is -0.816. The maximum Gasteiger partial charge on any atom is 0.248 e. The highest BCUT2D eigenvalue weighted by Gasteiger charge is 2.76. The Hall–Kier alpha value is -1.77. The zero-order valence-corrected chi connectivity index (χ0v) is 22.6. The molecule has 0 aliphatic carbocycles. The Kier molecular flexibility index (Phi) is 7.47. The van der Waals surface area contributed by atoms with Crippen LogP contribution in [-0.2, 0) is 14.4 Å². The molecule has 0 radical (unpaired) electrons. The molecule has 1 aromatic rings. The van der Waals surface area contributed by atoms with Gasteiger partial charge in [0.15, 0.2) is 0 Å². The number of amides is 3. The number of halogens is 1. The van der Waals surface area contributed by atoms with Crippen LogP contribution in [0.25, 0.3) is 0 Å². The molecule has 4 rings (SSSR count). The fourth-order valence-corrected chi connectivity index (χ4v) is 9.06. The summed E-state index contributed by atoms with van der Waals surface area (Å²) in [6.45, 7) is 10.1. The molecular formula is C26H36ClN3O4S. The van der Waals surface area contributed by atoms with E-state index in [-0.39, 0.29) is 41.4 Å². The van der Waals surface area contributed by atoms with Crippen LogP contribution in [-0.4, -0.2) is 63.0 Å². The van der Waals surface area contributed by atoms with Crippen LogP contribution in [0.3, 0.4) is 0 Å². The van der Waals surface area contributed by atoms with Crippen LogP contribution in [0.5, 0.6) is 0 Å². The number of aliphatic hydroxyl groups excluding tert-OH is 1. The van der Waals surface area contributed by atoms with Gasteiger partial charge in [-0.1, -0.05) is 51.4 Å². The minimum absolute atomic E-state index is 0.0121. The number of nitrogens with one attached hydrogen (secondary N) is 2. The second-order valence-corrected chi connectivity index (χ2v) is 12.5. The van der Waals surface area contributed by atoms with Gasteiger partial charge < -0.3 is 20.6 Å². The first-order valence-corrected chi connectivity index (χ1v) is 13.8. The van der Waals surface area contributed by atoms with Crippen molar-refractivity contribution in [3.05, 3.63) is 28.8 Å². The van der Waals surface area contributed by atoms with E-state index in [1.165, 1.54) is 0 Å². The van der Waals surface area contributed by atoms with Crippen molar-refractivity contribution in [1.82, 2.24) is 10.2 Å². The number of hydrogen-bond donors (Lipinski definition) is 3. The number of carbonyl (C=O) groups excluding carboxylic acids is 3. The van der Waals surface area contributed by atoms with Crippen LogP contribution >= 0.6 is 23.4 Å². The van der Waals surface area contributed by atoms with Gasteiger partial charge in [0.2, 0.25) is 17.7 Å². The molecule has 3 aliphatic rings. The van der Waals surface area contributed by atoms with Gasteiger partial charge in [0.05, 0.1) is 39.9 Å². The number of para-hydroxylation sites is 1. The Balaban J connectivity index is 1.80. The van der Waals surface area contributed by atoms with Gasteiger partial charge in [-0.3, -0.25) is 14.4 Å². The molecule has 3 heterocycles. The van der Waals surface area contributed by atoms with Crippen molar-refractivity contribution in [2.75, 3.05) is 18.5 Å². The van der Waals surface area contributed by atoms with Crippen molar-refractivity contribution in [1.29, 1.82) is 0 Å². The molecule has 1 aromatic carbocycles. The van der Waals surface area contributed by atoms with E-state index in [1.54, 1.807) is 22.7 Å². The Morgan fingerprint density at radius 2 is 2.03 bits per heavy atom. The fraction of sp³-hybridized carbons (Fsp3) is 0.654. The molecule has 3 aliphatic heterocycles. The third-order valence-corrected chi connectivity index (χ3v) is 10.5. The van der Waals surface area contributed by atoms with Gasteiger partial charge in [-0.2, -0.15) is 0 Å². The lowest BCUT2D eigenvalue weighted by Gasteiger charge is -2.41. The summed E-state index contributed by atoms with van der Waals surface area (Å²) < 4.78 is -0.739. The highest BCUT2D eigenvalue weighted by Crippen LogP contribution is 2.69. The number of rotatable bonds is 8. The molecule has 3 fully saturated rings. The molecule has 7 nitrogen and oxygen atoms in total. The molecule has 35 heavy (non-hydrogen) atoms. The van der Waals surface area contributed by atoms with Gasteiger partial charge in [0, 0.05) is 11.8 Å². The quantitative estimate of drug-likeness (QED) is 0.486. The fourth-order valence-electron chi connectivity index (χ4n) is 6.38. The molecule has 3 saturated heterocycles. The van der Waals surface area contributed by atoms with Crippen molar-refractivity contribution in [2.24, 2.45) is 23.7 Å². The van der Waals surface area contributed by atoms with Crippen molar-refractivity contribution in [2.45, 2.75) is 69.5 Å². The second kappa shape index (κ2) is 9.94. The Morgan fingerprint density at radius 3 is 2.63 bits per heavy atom. The normalized spacial score (nSPS) is 32.2. The lowest BCUT2D eigenvalue weighted by Crippen LogP contribution is -2.58. The number of benzene rings is 1. The van der Waals surface area contributed by atoms with E-state index < -0.39 is 28.7 Å². The van der Waals surface area contributed by atoms with Crippen molar-refractivity contribution >= 4 is 46.8 Å². The van der Waals surface area contributed by atoms with Crippen molar-refractivity contribution in [3.63, 3.8) is 0 Å². The molecular weight excluding hydrogens is 486 g/mol. The van der Waals surface area contributed by atoms with E-state index in [9.17, 15) is 19.5 Å². The average molecular weight is 522 g/mol. The minimum Gasteiger partial charge on any atom is -0.394 e. The molecule has 9 heteroatoms. The largest absolute Gasteiger partial charge is 0.394 e. The zero-order chi connectivity index (χ0) is 25.7. The van der Waals surface area contributed by atoms with Gasteiger partial charge in [0.25, 0.3) is 0 Å². The summed E-state index contributed by atoms with van der Waals surface area (Å²) in [5.74, 6) is -1.72. The first-order chi connectivity index (χ1) is 16.6. The van der Waals surface area contributed by atoms with Gasteiger partial charge in [-0.15, -0.1) is 11.8 Å². The summed E-state index contributed by atoms with van der Waals surface area (Å²) in [6, 6.07) is 4.07. The second-order valence-electron chi connectivity index (χ2n) is 10.5. The van der Waals surface area contributed by atoms with Gasteiger partial charge in [-0.25, -0.2) is 0 Å². The molecule has 7 atom stereocenters. The van der Waals surface area contributed by atoms with Crippen LogP contribution < -0.4 is 10.6 Å². The maximum atomic E-state index is 14.1. The van der Waals surface area contributed by atoms with Crippen LogP contribution in [0, 0.1) is 30.6 Å². The van der Waals surface area contributed by atoms with Crippen LogP contribution in [0.1, 0.15) is 46.1 Å². The highest BCUT2D eigenvalue weighted by atomic mass is 35.5. The molecule has 1 spiro atoms. The van der Waals surface area contributed by atoms with Crippen LogP contribution in [0.4, 0.5) is 5.69 Å². The summed E-state index contributed by atoms with van der Waals surface area (Å²) in [4.78, 5) is 43.1. The topological polar surface area (TPSA) is 98.7 Å². The van der Waals surface area contributed by atoms with Crippen LogP contribution in [0.2, 0.25) is 5.02 Å². The third-order valence-electron chi connectivity index (χ3n) is 8.07. The summed E-state index contributed by atoms with van der Waals surface area (Å²) in [5, 5.41) is 16.7. The monoisotopic (exact) mass is 521 g/mol. The van der Waals surface area contributed by atoms with E-state index in [0.29, 0.717) is 17.3 Å². The number of hydrogen-bond acceptors (Lipinski definition) is 5. The standard InChI is InChI=1S/C26H36ClN3O4S/c1-6-10-28-23(32)19-18-11-15(5)26(35-18)20(19)25(34)30(17(12-31)13(2)3)22(26)24(33)29-21-14(4)8-7-9-16(21)27/h7-9,13,15,17-20,22,31H,6,10-12H2,1-5H3,(H,28,32)(H,29,33)/t15?,17-,18+,19-,20-,22?,26?/m0/s1. The first-order valence-electron chi connectivity index (χ1n) is 12.5. The maximum absolute atomic E-state index is 14.1. The van der Waals surface area contributed by atoms with Gasteiger partial charge in [0.1, 0.15) is 6.04 Å². The summed E-state index contributed by atoms with van der Waals surface area (Å²) in [6.07, 6.45) is 1.58. The molecule has 3 unspecified atom stereocenters. The summed E-state index contributed by atoms with van der Waals surface area (Å²) in [7, 11) is 0. The number of anilines is 1. The summed E-state index contributed by atoms with van der Waals surface area (Å²) >= 11 is 8.05. The van der Waals surface area contributed by atoms with Gasteiger partial charge >= 0.3 is 0 Å². The lowest BCUT2D eigenvalue weighted by molar-refractivity contribution is -0.143. The Labute approximate surface area is 216 Å². The lowest BCUT2D eigenvalue weighted by atomic mass is 9.66. The molecule has 3 amide bonds. The van der Waals surface area contributed by atoms with E-state index >= 15 is 0 Å². The van der Waals surface area contributed by atoms with E-state index in [4.69, 9.17) is 11.6 Å². The zero-order valence-electron chi connectivity index (χ0n) is 21.0. The van der Waals surface area contributed by atoms with E-state index in [2.05, 4.69) is 17.6 Å². The number of carbonyl (C=O) groups is 3. The average Bonchev–Trinajstić information content (AvgIpc) is 3.39. The van der Waals surface area contributed by atoms with E-state index in [0.717, 1.165) is 18.4 Å². The van der Waals surface area contributed by atoms with E-state index in [1.807, 2.05) is 39.8 Å². The summed E-state index contributed by atoms with van der Waals surface area (Å²) in [5.41, 5.74) is 1.35. The molecule has 3 N–H and O–H groups in total. The Bertz CT molecular complexity index is 1000. The Morgan fingerprint density at radius 1 is 1.31 bits per heavy atom. The predicted octanol–water partition coefficient (Wildman–Crippen LogP) is 3.47. The predicted molar refractivity (Wildman–Crippen MR) is 139 cm³/mol. The number of aliphatic hydroxyl groups is 1. The highest BCUT2D eigenvalue weighted by molar-refractivity contribution is 8.02. The van der Waals surface area contributed by atoms with Crippen molar-refractivity contribution < 1.29 is 19.5 Å². The molecule has 0 saturated carbocycles. The van der Waals surface area contributed by atoms with Crippen molar-refractivity contribution in [3.8, 4) is 0 Å². The first kappa shape index (κ1) is 26.3. The number of thioether (sulfide) groups is 1. The SMILES string of the molecule is CCCNC(=O)[C@@H]1[C@H]2C(=O)N([C@@H](CO)C(C)C)C(C(=O)Nc3c(C)cccc3Cl)C23S[C@@H]1CC3C. The van der Waals surface area contributed by atoms with Gasteiger partial charge in [-0.05, 0) is 43.2 Å². The molecule has 192 valence electrons. The number of aryl methyl sites for hydroxylation is 1. The number of fused-ring (bicyclic) bond motifs is 1. The molecule has 0 aromatic heterocycles. The van der Waals surface area contributed by atoms with Crippen LogP contribution in [0.15, 0.2) is 18.2 Å². The smallest absolute Gasteiger partial charge is 0.248 e. The number of nitrogens with zero attached hydrogens (tertiary/aromatic N) is 1. The molecule has 2 bridgehead atoms. The third kappa shape index (κ3) is 4.05.